The average molecular weight is 396 g/mol. The summed E-state index contributed by atoms with van der Waals surface area (Å²) in [4.78, 5) is 28.1. The van der Waals surface area contributed by atoms with Gasteiger partial charge in [-0.15, -0.1) is 0 Å². The molecule has 27 heavy (non-hydrogen) atoms. The van der Waals surface area contributed by atoms with Crippen molar-refractivity contribution in [3.63, 3.8) is 0 Å². The van der Waals surface area contributed by atoms with Crippen LogP contribution in [-0.2, 0) is 16.0 Å². The molecule has 150 valence electrons. The Morgan fingerprint density at radius 2 is 1.74 bits per heavy atom. The van der Waals surface area contributed by atoms with Crippen LogP contribution < -0.4 is 5.32 Å². The van der Waals surface area contributed by atoms with Crippen LogP contribution in [0.4, 0.5) is 4.79 Å². The van der Waals surface area contributed by atoms with Crippen LogP contribution in [0.15, 0.2) is 24.3 Å². The van der Waals surface area contributed by atoms with Crippen molar-refractivity contribution in [3.8, 4) is 0 Å². The largest absolute Gasteiger partial charge is 0.444 e. The first-order valence-electron chi connectivity index (χ1n) is 9.44. The van der Waals surface area contributed by atoms with E-state index in [1.54, 1.807) is 17.0 Å². The normalized spacial score (nSPS) is 15.5. The molecule has 0 spiro atoms. The first-order valence-corrected chi connectivity index (χ1v) is 9.82. The molecule has 0 unspecified atom stereocenters. The highest BCUT2D eigenvalue weighted by atomic mass is 35.5. The molecule has 1 saturated heterocycles. The summed E-state index contributed by atoms with van der Waals surface area (Å²) in [6, 6.07) is 7.32. The van der Waals surface area contributed by atoms with Crippen molar-refractivity contribution in [2.75, 3.05) is 39.3 Å². The first-order chi connectivity index (χ1) is 12.7. The Bertz CT molecular complexity index is 620. The number of ether oxygens (including phenoxy) is 1. The summed E-state index contributed by atoms with van der Waals surface area (Å²) >= 11 is 5.85. The molecule has 0 radical (unpaired) electrons. The summed E-state index contributed by atoms with van der Waals surface area (Å²) in [6.07, 6.45) is 1.02. The summed E-state index contributed by atoms with van der Waals surface area (Å²) in [5.74, 6) is 0.0204. The number of hydrogen-bond donors (Lipinski definition) is 1. The van der Waals surface area contributed by atoms with Crippen LogP contribution in [0, 0.1) is 0 Å². The van der Waals surface area contributed by atoms with Gasteiger partial charge in [0.2, 0.25) is 5.91 Å². The van der Waals surface area contributed by atoms with Gasteiger partial charge in [0, 0.05) is 37.7 Å². The summed E-state index contributed by atoms with van der Waals surface area (Å²) in [5, 5.41) is 3.63. The molecule has 0 atom stereocenters. The third-order valence-electron chi connectivity index (χ3n) is 4.28. The standard InChI is InChI=1S/C20H30ClN3O3/c1-20(2,3)27-19(26)24-13-11-23(12-14-24)10-4-9-22-18(25)15-16-5-7-17(21)8-6-16/h5-8H,4,9-15H2,1-3H3,(H,22,25). The summed E-state index contributed by atoms with van der Waals surface area (Å²) < 4.78 is 5.41. The molecule has 1 heterocycles. The molecule has 1 N–H and O–H groups in total. The summed E-state index contributed by atoms with van der Waals surface area (Å²) in [5.41, 5.74) is 0.494. The van der Waals surface area contributed by atoms with E-state index in [-0.39, 0.29) is 12.0 Å². The number of carbonyl (C=O) groups is 2. The Hall–Kier alpha value is -1.79. The maximum Gasteiger partial charge on any atom is 0.410 e. The van der Waals surface area contributed by atoms with Crippen LogP contribution in [0.5, 0.6) is 0 Å². The first kappa shape index (κ1) is 21.5. The average Bonchev–Trinajstić information content (AvgIpc) is 2.60. The summed E-state index contributed by atoms with van der Waals surface area (Å²) in [6.45, 7) is 10.2. The van der Waals surface area contributed by atoms with Gasteiger partial charge in [-0.05, 0) is 51.4 Å². The monoisotopic (exact) mass is 395 g/mol. The van der Waals surface area contributed by atoms with E-state index < -0.39 is 5.60 Å². The van der Waals surface area contributed by atoms with Crippen LogP contribution in [0.3, 0.4) is 0 Å². The highest BCUT2D eigenvalue weighted by molar-refractivity contribution is 6.30. The second-order valence-corrected chi connectivity index (χ2v) is 8.25. The van der Waals surface area contributed by atoms with Crippen LogP contribution in [0.1, 0.15) is 32.8 Å². The minimum atomic E-state index is -0.460. The number of nitrogens with one attached hydrogen (secondary N) is 1. The molecule has 1 fully saturated rings. The predicted molar refractivity (Wildman–Crippen MR) is 107 cm³/mol. The third kappa shape index (κ3) is 8.18. The summed E-state index contributed by atoms with van der Waals surface area (Å²) in [7, 11) is 0. The zero-order chi connectivity index (χ0) is 19.9. The second kappa shape index (κ2) is 9.95. The van der Waals surface area contributed by atoms with Crippen molar-refractivity contribution in [1.82, 2.24) is 15.1 Å². The van der Waals surface area contributed by atoms with Crippen molar-refractivity contribution in [2.24, 2.45) is 0 Å². The van der Waals surface area contributed by atoms with Crippen molar-refractivity contribution < 1.29 is 14.3 Å². The van der Waals surface area contributed by atoms with E-state index in [1.165, 1.54) is 0 Å². The lowest BCUT2D eigenvalue weighted by atomic mass is 10.1. The maximum absolute atomic E-state index is 12.1. The van der Waals surface area contributed by atoms with Gasteiger partial charge in [0.25, 0.3) is 0 Å². The van der Waals surface area contributed by atoms with Gasteiger partial charge in [0.1, 0.15) is 5.60 Å². The number of rotatable bonds is 6. The van der Waals surface area contributed by atoms with Crippen LogP contribution in [-0.4, -0.2) is 66.7 Å². The second-order valence-electron chi connectivity index (χ2n) is 7.82. The fourth-order valence-corrected chi connectivity index (χ4v) is 2.99. The maximum atomic E-state index is 12.1. The molecular formula is C20H30ClN3O3. The van der Waals surface area contributed by atoms with Gasteiger partial charge in [0.15, 0.2) is 0 Å². The highest BCUT2D eigenvalue weighted by Gasteiger charge is 2.25. The van der Waals surface area contributed by atoms with Gasteiger partial charge < -0.3 is 15.0 Å². The van der Waals surface area contributed by atoms with Gasteiger partial charge in [-0.3, -0.25) is 9.69 Å². The lowest BCUT2D eigenvalue weighted by Gasteiger charge is -2.35. The molecule has 7 heteroatoms. The Morgan fingerprint density at radius 3 is 2.33 bits per heavy atom. The lowest BCUT2D eigenvalue weighted by Crippen LogP contribution is -2.50. The fourth-order valence-electron chi connectivity index (χ4n) is 2.86. The predicted octanol–water partition coefficient (Wildman–Crippen LogP) is 2.94. The van der Waals surface area contributed by atoms with Gasteiger partial charge in [-0.1, -0.05) is 23.7 Å². The van der Waals surface area contributed by atoms with Crippen LogP contribution in [0.2, 0.25) is 5.02 Å². The Kier molecular flexibility index (Phi) is 7.92. The third-order valence-corrected chi connectivity index (χ3v) is 4.53. The van der Waals surface area contributed by atoms with Crippen molar-refractivity contribution in [2.45, 2.75) is 39.2 Å². The number of carbonyl (C=O) groups excluding carboxylic acids is 2. The molecule has 0 aromatic heterocycles. The quantitative estimate of drug-likeness (QED) is 0.752. The topological polar surface area (TPSA) is 61.9 Å². The van der Waals surface area contributed by atoms with E-state index in [0.717, 1.165) is 31.6 Å². The zero-order valence-electron chi connectivity index (χ0n) is 16.5. The van der Waals surface area contributed by atoms with E-state index in [9.17, 15) is 9.59 Å². The van der Waals surface area contributed by atoms with Crippen molar-refractivity contribution in [3.05, 3.63) is 34.9 Å². The molecule has 0 aliphatic carbocycles. The Morgan fingerprint density at radius 1 is 1.11 bits per heavy atom. The van der Waals surface area contributed by atoms with E-state index in [4.69, 9.17) is 16.3 Å². The minimum Gasteiger partial charge on any atom is -0.444 e. The van der Waals surface area contributed by atoms with E-state index in [0.29, 0.717) is 31.1 Å². The fraction of sp³-hybridized carbons (Fsp3) is 0.600. The molecule has 6 nitrogen and oxygen atoms in total. The number of halogens is 1. The van der Waals surface area contributed by atoms with Gasteiger partial charge in [-0.2, -0.15) is 0 Å². The van der Waals surface area contributed by atoms with Crippen LogP contribution in [0.25, 0.3) is 0 Å². The number of benzene rings is 1. The molecule has 1 aliphatic heterocycles. The number of piperazine rings is 1. The molecule has 0 bridgehead atoms. The Balaban J connectivity index is 1.58. The smallest absolute Gasteiger partial charge is 0.410 e. The number of nitrogens with zero attached hydrogens (tertiary/aromatic N) is 2. The zero-order valence-corrected chi connectivity index (χ0v) is 17.2. The van der Waals surface area contributed by atoms with Crippen LogP contribution >= 0.6 is 11.6 Å². The van der Waals surface area contributed by atoms with E-state index >= 15 is 0 Å². The van der Waals surface area contributed by atoms with Gasteiger partial charge >= 0.3 is 6.09 Å². The molecule has 0 saturated carbocycles. The van der Waals surface area contributed by atoms with Gasteiger partial charge in [-0.25, -0.2) is 4.79 Å². The van der Waals surface area contributed by atoms with Crippen molar-refractivity contribution >= 4 is 23.6 Å². The number of hydrogen-bond acceptors (Lipinski definition) is 4. The number of amides is 2. The molecule has 1 aromatic rings. The van der Waals surface area contributed by atoms with E-state index in [1.807, 2.05) is 32.9 Å². The molecular weight excluding hydrogens is 366 g/mol. The minimum absolute atomic E-state index is 0.0204. The molecule has 2 amide bonds. The lowest BCUT2D eigenvalue weighted by molar-refractivity contribution is -0.120. The molecule has 1 aromatic carbocycles. The molecule has 1 aliphatic rings. The SMILES string of the molecule is CC(C)(C)OC(=O)N1CCN(CCCNC(=O)Cc2ccc(Cl)cc2)CC1. The van der Waals surface area contributed by atoms with E-state index in [2.05, 4.69) is 10.2 Å². The van der Waals surface area contributed by atoms with Gasteiger partial charge in [0.05, 0.1) is 6.42 Å². The van der Waals surface area contributed by atoms with Crippen molar-refractivity contribution in [1.29, 1.82) is 0 Å². The highest BCUT2D eigenvalue weighted by Crippen LogP contribution is 2.12. The molecule has 2 rings (SSSR count). The Labute approximate surface area is 166 Å².